The molecule has 0 saturated carbocycles. The second-order valence-corrected chi connectivity index (χ2v) is 5.68. The Balaban J connectivity index is 2.71. The molecule has 1 atom stereocenters. The van der Waals surface area contributed by atoms with Crippen molar-refractivity contribution < 1.29 is 19.6 Å². The molecule has 0 aromatic heterocycles. The molecule has 0 aliphatic carbocycles. The summed E-state index contributed by atoms with van der Waals surface area (Å²) in [6.07, 6.45) is 3.33. The second kappa shape index (κ2) is 10.5. The predicted octanol–water partition coefficient (Wildman–Crippen LogP) is 1.50. The molecule has 1 unspecified atom stereocenters. The Hall–Kier alpha value is -2.25. The van der Waals surface area contributed by atoms with Gasteiger partial charge >= 0.3 is 0 Å². The maximum atomic E-state index is 12.4. The summed E-state index contributed by atoms with van der Waals surface area (Å²) >= 11 is 0. The van der Waals surface area contributed by atoms with E-state index in [0.29, 0.717) is 16.5 Å². The van der Waals surface area contributed by atoms with Gasteiger partial charge in [0.15, 0.2) is 0 Å². The van der Waals surface area contributed by atoms with E-state index in [-0.39, 0.29) is 19.4 Å². The number of hydrazine groups is 1. The van der Waals surface area contributed by atoms with Crippen LogP contribution in [0.5, 0.6) is 0 Å². The van der Waals surface area contributed by atoms with Crippen molar-refractivity contribution in [3.8, 4) is 0 Å². The quantitative estimate of drug-likeness (QED) is 0.168. The SMILES string of the molecule is CCCCCC(CN(O)C=O)C(=O)N(N)C(=O)Cc1ccccc1. The van der Waals surface area contributed by atoms with Gasteiger partial charge in [-0.15, -0.1) is 0 Å². The van der Waals surface area contributed by atoms with Crippen molar-refractivity contribution in [2.24, 2.45) is 11.8 Å². The van der Waals surface area contributed by atoms with E-state index in [9.17, 15) is 19.6 Å². The highest BCUT2D eigenvalue weighted by Gasteiger charge is 2.27. The molecule has 3 N–H and O–H groups in total. The fraction of sp³-hybridized carbons (Fsp3) is 0.471. The molecule has 132 valence electrons. The van der Waals surface area contributed by atoms with Crippen LogP contribution in [0, 0.1) is 5.92 Å². The molecular formula is C17H25N3O4. The van der Waals surface area contributed by atoms with Crippen LogP contribution in [0.1, 0.15) is 38.2 Å². The molecule has 0 radical (unpaired) electrons. The lowest BCUT2D eigenvalue weighted by Gasteiger charge is -2.23. The van der Waals surface area contributed by atoms with Crippen molar-refractivity contribution in [2.75, 3.05) is 6.54 Å². The summed E-state index contributed by atoms with van der Waals surface area (Å²) in [7, 11) is 0. The number of benzene rings is 1. The van der Waals surface area contributed by atoms with Crippen LogP contribution in [0.15, 0.2) is 30.3 Å². The molecule has 0 aliphatic rings. The molecule has 0 spiro atoms. The Morgan fingerprint density at radius 2 is 1.92 bits per heavy atom. The summed E-state index contributed by atoms with van der Waals surface area (Å²) in [6, 6.07) is 8.98. The number of nitrogens with two attached hydrogens (primary N) is 1. The van der Waals surface area contributed by atoms with Gasteiger partial charge in [-0.05, 0) is 12.0 Å². The van der Waals surface area contributed by atoms with Crippen molar-refractivity contribution in [1.82, 2.24) is 10.1 Å². The zero-order valence-electron chi connectivity index (χ0n) is 13.9. The second-order valence-electron chi connectivity index (χ2n) is 5.68. The molecule has 7 heteroatoms. The summed E-state index contributed by atoms with van der Waals surface area (Å²) < 4.78 is 0. The Kier molecular flexibility index (Phi) is 8.67. The largest absolute Gasteiger partial charge is 0.286 e. The number of carbonyl (C=O) groups is 3. The van der Waals surface area contributed by atoms with Gasteiger partial charge in [0.1, 0.15) is 0 Å². The summed E-state index contributed by atoms with van der Waals surface area (Å²) in [4.78, 5) is 35.2. The Labute approximate surface area is 142 Å². The van der Waals surface area contributed by atoms with Gasteiger partial charge in [0.25, 0.3) is 0 Å². The first kappa shape index (κ1) is 19.8. The van der Waals surface area contributed by atoms with E-state index in [0.717, 1.165) is 24.8 Å². The summed E-state index contributed by atoms with van der Waals surface area (Å²) in [5, 5.41) is 10.4. The smallest absolute Gasteiger partial charge is 0.248 e. The highest BCUT2D eigenvalue weighted by molar-refractivity contribution is 5.96. The average molecular weight is 335 g/mol. The summed E-state index contributed by atoms with van der Waals surface area (Å²) in [6.45, 7) is 1.84. The minimum Gasteiger partial charge on any atom is -0.286 e. The summed E-state index contributed by atoms with van der Waals surface area (Å²) in [5.74, 6) is 3.85. The number of nitrogens with zero attached hydrogens (tertiary/aromatic N) is 2. The molecule has 1 aromatic rings. The van der Waals surface area contributed by atoms with Gasteiger partial charge in [0.05, 0.1) is 18.9 Å². The van der Waals surface area contributed by atoms with Crippen LogP contribution in [0.2, 0.25) is 0 Å². The van der Waals surface area contributed by atoms with E-state index in [1.807, 2.05) is 13.0 Å². The van der Waals surface area contributed by atoms with E-state index < -0.39 is 17.7 Å². The molecule has 0 saturated heterocycles. The normalized spacial score (nSPS) is 11.6. The molecule has 7 nitrogen and oxygen atoms in total. The Morgan fingerprint density at radius 1 is 1.25 bits per heavy atom. The maximum absolute atomic E-state index is 12.4. The standard InChI is InChI=1S/C17H25N3O4/c1-2-3-5-10-15(12-19(24)13-21)17(23)20(18)16(22)11-14-8-6-4-7-9-14/h4,6-9,13,15,24H,2-3,5,10-12,18H2,1H3. The number of rotatable bonds is 10. The van der Waals surface area contributed by atoms with E-state index in [1.54, 1.807) is 24.3 Å². The molecule has 0 heterocycles. The van der Waals surface area contributed by atoms with Gasteiger partial charge in [-0.25, -0.2) is 15.9 Å². The van der Waals surface area contributed by atoms with Crippen molar-refractivity contribution >= 4 is 18.2 Å². The van der Waals surface area contributed by atoms with Crippen molar-refractivity contribution in [1.29, 1.82) is 0 Å². The molecule has 0 aliphatic heterocycles. The van der Waals surface area contributed by atoms with Crippen molar-refractivity contribution in [3.05, 3.63) is 35.9 Å². The number of imide groups is 1. The van der Waals surface area contributed by atoms with Crippen LogP contribution in [-0.4, -0.2) is 40.0 Å². The van der Waals surface area contributed by atoms with Crippen LogP contribution < -0.4 is 5.84 Å². The first-order valence-corrected chi connectivity index (χ1v) is 8.05. The fourth-order valence-corrected chi connectivity index (χ4v) is 2.38. The highest BCUT2D eigenvalue weighted by atomic mass is 16.5. The predicted molar refractivity (Wildman–Crippen MR) is 88.4 cm³/mol. The van der Waals surface area contributed by atoms with E-state index in [2.05, 4.69) is 0 Å². The lowest BCUT2D eigenvalue weighted by Crippen LogP contribution is -2.48. The monoisotopic (exact) mass is 335 g/mol. The van der Waals surface area contributed by atoms with E-state index >= 15 is 0 Å². The lowest BCUT2D eigenvalue weighted by atomic mass is 9.99. The third-order valence-corrected chi connectivity index (χ3v) is 3.74. The number of hydrogen-bond acceptors (Lipinski definition) is 5. The third kappa shape index (κ3) is 6.47. The van der Waals surface area contributed by atoms with Crippen LogP contribution in [0.3, 0.4) is 0 Å². The van der Waals surface area contributed by atoms with Crippen LogP contribution in [0.4, 0.5) is 0 Å². The van der Waals surface area contributed by atoms with Crippen LogP contribution in [-0.2, 0) is 20.8 Å². The van der Waals surface area contributed by atoms with Crippen LogP contribution in [0.25, 0.3) is 0 Å². The Bertz CT molecular complexity index is 536. The minimum atomic E-state index is -0.712. The van der Waals surface area contributed by atoms with Crippen LogP contribution >= 0.6 is 0 Å². The molecule has 1 rings (SSSR count). The molecule has 0 fully saturated rings. The number of hydroxylamine groups is 2. The van der Waals surface area contributed by atoms with Gasteiger partial charge in [-0.1, -0.05) is 56.5 Å². The minimum absolute atomic E-state index is 0.0152. The molecular weight excluding hydrogens is 310 g/mol. The van der Waals surface area contributed by atoms with Gasteiger partial charge in [0, 0.05) is 0 Å². The Morgan fingerprint density at radius 3 is 2.50 bits per heavy atom. The van der Waals surface area contributed by atoms with Gasteiger partial charge < -0.3 is 0 Å². The topological polar surface area (TPSA) is 104 Å². The molecule has 3 amide bonds. The first-order valence-electron chi connectivity index (χ1n) is 8.05. The zero-order chi connectivity index (χ0) is 17.9. The first-order chi connectivity index (χ1) is 11.5. The average Bonchev–Trinajstić information content (AvgIpc) is 2.60. The van der Waals surface area contributed by atoms with Gasteiger partial charge in [-0.2, -0.15) is 0 Å². The van der Waals surface area contributed by atoms with Crippen molar-refractivity contribution in [3.63, 3.8) is 0 Å². The highest BCUT2D eigenvalue weighted by Crippen LogP contribution is 2.14. The number of hydrogen-bond donors (Lipinski definition) is 2. The van der Waals surface area contributed by atoms with Gasteiger partial charge in [0.2, 0.25) is 18.2 Å². The number of carbonyl (C=O) groups excluding carboxylic acids is 3. The fourth-order valence-electron chi connectivity index (χ4n) is 2.38. The van der Waals surface area contributed by atoms with E-state index in [4.69, 9.17) is 5.84 Å². The molecule has 0 bridgehead atoms. The summed E-state index contributed by atoms with van der Waals surface area (Å²) in [5.41, 5.74) is 0.755. The van der Waals surface area contributed by atoms with Gasteiger partial charge in [-0.3, -0.25) is 19.6 Å². The lowest BCUT2D eigenvalue weighted by molar-refractivity contribution is -0.159. The number of amides is 3. The molecule has 24 heavy (non-hydrogen) atoms. The maximum Gasteiger partial charge on any atom is 0.248 e. The van der Waals surface area contributed by atoms with Crippen molar-refractivity contribution in [2.45, 2.75) is 39.0 Å². The zero-order valence-corrected chi connectivity index (χ0v) is 13.9. The molecule has 1 aromatic carbocycles. The third-order valence-electron chi connectivity index (χ3n) is 3.74. The number of unbranched alkanes of at least 4 members (excludes halogenated alkanes) is 2. The van der Waals surface area contributed by atoms with E-state index in [1.165, 1.54) is 0 Å².